The zero-order valence-corrected chi connectivity index (χ0v) is 21.1. The molecular formula is C27H31ClN4O2. The fourth-order valence-corrected chi connectivity index (χ4v) is 4.18. The molecule has 2 aliphatic heterocycles. The predicted octanol–water partition coefficient (Wildman–Crippen LogP) is 5.52. The third kappa shape index (κ3) is 5.18. The lowest BCUT2D eigenvalue weighted by Crippen LogP contribution is -2.33. The first-order valence-electron chi connectivity index (χ1n) is 11.3. The highest BCUT2D eigenvalue weighted by Crippen LogP contribution is 2.34. The van der Waals surface area contributed by atoms with E-state index >= 15 is 0 Å². The van der Waals surface area contributed by atoms with Crippen molar-refractivity contribution in [3.8, 4) is 0 Å². The number of aryl methyl sites for hydroxylation is 2. The highest BCUT2D eigenvalue weighted by Gasteiger charge is 2.25. The van der Waals surface area contributed by atoms with Gasteiger partial charge in [0.05, 0.1) is 22.9 Å². The molecule has 178 valence electrons. The van der Waals surface area contributed by atoms with E-state index in [1.807, 2.05) is 68.4 Å². The van der Waals surface area contributed by atoms with Crippen molar-refractivity contribution in [2.45, 2.75) is 46.8 Å². The van der Waals surface area contributed by atoms with Crippen molar-refractivity contribution in [2.24, 2.45) is 0 Å². The van der Waals surface area contributed by atoms with Gasteiger partial charge in [0.1, 0.15) is 18.2 Å². The monoisotopic (exact) mass is 478 g/mol. The number of allylic oxidation sites excluding steroid dienone is 4. The van der Waals surface area contributed by atoms with Gasteiger partial charge in [0.15, 0.2) is 0 Å². The van der Waals surface area contributed by atoms with Crippen LogP contribution in [0, 0.1) is 13.8 Å². The Kier molecular flexibility index (Phi) is 6.82. The SMILES string of the molecule is CC1=CC(OCc2ncccc2C)=C(Cl)CN1c1cc(N2C=CC=C(C(C)(C)O)C2)ncc1C. The molecule has 1 N–H and O–H groups in total. The van der Waals surface area contributed by atoms with E-state index in [-0.39, 0.29) is 0 Å². The summed E-state index contributed by atoms with van der Waals surface area (Å²) in [6.45, 7) is 11.2. The lowest BCUT2D eigenvalue weighted by atomic mass is 9.96. The molecule has 2 aliphatic rings. The summed E-state index contributed by atoms with van der Waals surface area (Å²) in [5, 5.41) is 11.1. The second kappa shape index (κ2) is 9.65. The maximum absolute atomic E-state index is 10.4. The lowest BCUT2D eigenvalue weighted by Gasteiger charge is -2.33. The van der Waals surface area contributed by atoms with Crippen LogP contribution in [0.25, 0.3) is 0 Å². The normalized spacial score (nSPS) is 16.6. The summed E-state index contributed by atoms with van der Waals surface area (Å²) in [4.78, 5) is 13.3. The molecule has 2 aromatic rings. The second-order valence-corrected chi connectivity index (χ2v) is 9.70. The molecule has 0 radical (unpaired) electrons. The fourth-order valence-electron chi connectivity index (χ4n) is 3.96. The Labute approximate surface area is 206 Å². The van der Waals surface area contributed by atoms with Crippen molar-refractivity contribution in [2.75, 3.05) is 22.9 Å². The van der Waals surface area contributed by atoms with Crippen LogP contribution >= 0.6 is 11.6 Å². The Bertz CT molecular complexity index is 1210. The van der Waals surface area contributed by atoms with Crippen LogP contribution in [-0.2, 0) is 11.3 Å². The first-order valence-corrected chi connectivity index (χ1v) is 11.7. The van der Waals surface area contributed by atoms with Crippen LogP contribution in [0.3, 0.4) is 0 Å². The molecule has 0 aliphatic carbocycles. The lowest BCUT2D eigenvalue weighted by molar-refractivity contribution is 0.118. The number of hydrogen-bond donors (Lipinski definition) is 1. The number of rotatable bonds is 6. The maximum atomic E-state index is 10.4. The third-order valence-electron chi connectivity index (χ3n) is 6.15. The van der Waals surface area contributed by atoms with Gasteiger partial charge in [-0.25, -0.2) is 4.98 Å². The van der Waals surface area contributed by atoms with Crippen molar-refractivity contribution >= 4 is 23.1 Å². The van der Waals surface area contributed by atoms with Crippen molar-refractivity contribution in [3.63, 3.8) is 0 Å². The van der Waals surface area contributed by atoms with Crippen LogP contribution < -0.4 is 9.80 Å². The Hall–Kier alpha value is -3.09. The van der Waals surface area contributed by atoms with E-state index in [9.17, 15) is 5.11 Å². The molecule has 0 unspecified atom stereocenters. The maximum Gasteiger partial charge on any atom is 0.137 e. The fraction of sp³-hybridized carbons (Fsp3) is 0.333. The summed E-state index contributed by atoms with van der Waals surface area (Å²) in [5.74, 6) is 1.48. The van der Waals surface area contributed by atoms with Gasteiger partial charge in [-0.05, 0) is 63.5 Å². The molecule has 4 heterocycles. The molecule has 0 saturated heterocycles. The van der Waals surface area contributed by atoms with Gasteiger partial charge < -0.3 is 19.6 Å². The minimum atomic E-state index is -0.884. The standard InChI is InChI=1S/C27H31ClN4O2/c1-18-8-6-10-29-23(18)17-34-25-12-20(3)32(16-22(25)28)24-13-26(30-14-19(24)2)31-11-7-9-21(15-31)27(4,5)33/h6-14,33H,15-17H2,1-5H3. The van der Waals surface area contributed by atoms with Gasteiger partial charge in [-0.15, -0.1) is 0 Å². The average Bonchev–Trinajstić information content (AvgIpc) is 2.80. The van der Waals surface area contributed by atoms with Crippen molar-refractivity contribution in [3.05, 3.63) is 93.9 Å². The summed E-state index contributed by atoms with van der Waals surface area (Å²) < 4.78 is 6.03. The minimum absolute atomic E-state index is 0.374. The number of anilines is 2. The van der Waals surface area contributed by atoms with E-state index in [0.717, 1.165) is 39.6 Å². The Morgan fingerprint density at radius 2 is 1.94 bits per heavy atom. The molecule has 7 heteroatoms. The Morgan fingerprint density at radius 3 is 2.68 bits per heavy atom. The number of ether oxygens (including phenoxy) is 1. The molecule has 0 bridgehead atoms. The van der Waals surface area contributed by atoms with Crippen molar-refractivity contribution in [1.82, 2.24) is 9.97 Å². The molecule has 0 spiro atoms. The Balaban J connectivity index is 1.53. The number of pyridine rings is 2. The van der Waals surface area contributed by atoms with Gasteiger partial charge in [0.2, 0.25) is 0 Å². The zero-order chi connectivity index (χ0) is 24.5. The molecule has 6 nitrogen and oxygen atoms in total. The van der Waals surface area contributed by atoms with E-state index in [0.29, 0.717) is 30.5 Å². The Morgan fingerprint density at radius 1 is 1.15 bits per heavy atom. The van der Waals surface area contributed by atoms with E-state index in [1.165, 1.54) is 0 Å². The molecular weight excluding hydrogens is 448 g/mol. The molecule has 34 heavy (non-hydrogen) atoms. The van der Waals surface area contributed by atoms with Crippen molar-refractivity contribution < 1.29 is 9.84 Å². The smallest absolute Gasteiger partial charge is 0.137 e. The third-order valence-corrected chi connectivity index (χ3v) is 6.45. The molecule has 2 aromatic heterocycles. The van der Waals surface area contributed by atoms with Crippen LogP contribution in [0.15, 0.2) is 77.1 Å². The van der Waals surface area contributed by atoms with Crippen LogP contribution in [0.2, 0.25) is 0 Å². The van der Waals surface area contributed by atoms with E-state index in [4.69, 9.17) is 16.3 Å². The highest BCUT2D eigenvalue weighted by atomic mass is 35.5. The van der Waals surface area contributed by atoms with Gasteiger partial charge in [-0.3, -0.25) is 4.98 Å². The number of aromatic nitrogens is 2. The zero-order valence-electron chi connectivity index (χ0n) is 20.3. The molecule has 4 rings (SSSR count). The summed E-state index contributed by atoms with van der Waals surface area (Å²) in [7, 11) is 0. The highest BCUT2D eigenvalue weighted by molar-refractivity contribution is 6.30. The average molecular weight is 479 g/mol. The topological polar surface area (TPSA) is 61.7 Å². The van der Waals surface area contributed by atoms with E-state index < -0.39 is 5.60 Å². The number of halogens is 1. The predicted molar refractivity (Wildman–Crippen MR) is 138 cm³/mol. The quantitative estimate of drug-likeness (QED) is 0.590. The summed E-state index contributed by atoms with van der Waals surface area (Å²) in [6, 6.07) is 6.00. The first kappa shape index (κ1) is 24.0. The van der Waals surface area contributed by atoms with Gasteiger partial charge >= 0.3 is 0 Å². The largest absolute Gasteiger partial charge is 0.486 e. The van der Waals surface area contributed by atoms with Gasteiger partial charge in [-0.2, -0.15) is 0 Å². The molecule has 0 atom stereocenters. The van der Waals surface area contributed by atoms with Crippen LogP contribution in [0.1, 0.15) is 37.6 Å². The van der Waals surface area contributed by atoms with Crippen LogP contribution in [-0.4, -0.2) is 33.8 Å². The molecule has 0 aromatic carbocycles. The van der Waals surface area contributed by atoms with Crippen molar-refractivity contribution in [1.29, 1.82) is 0 Å². The number of nitrogens with zero attached hydrogens (tertiary/aromatic N) is 4. The molecule has 0 amide bonds. The summed E-state index contributed by atoms with van der Waals surface area (Å²) in [5.41, 5.74) is 5.15. The van der Waals surface area contributed by atoms with Crippen LogP contribution in [0.4, 0.5) is 11.5 Å². The second-order valence-electron chi connectivity index (χ2n) is 9.25. The van der Waals surface area contributed by atoms with Gasteiger partial charge in [-0.1, -0.05) is 23.7 Å². The minimum Gasteiger partial charge on any atom is -0.486 e. The summed E-state index contributed by atoms with van der Waals surface area (Å²) >= 11 is 6.68. The van der Waals surface area contributed by atoms with Crippen LogP contribution in [0.5, 0.6) is 0 Å². The molecule has 0 saturated carbocycles. The first-order chi connectivity index (χ1) is 16.1. The van der Waals surface area contributed by atoms with E-state index in [1.54, 1.807) is 20.0 Å². The number of aliphatic hydroxyl groups is 1. The van der Waals surface area contributed by atoms with Gasteiger partial charge in [0.25, 0.3) is 0 Å². The van der Waals surface area contributed by atoms with E-state index in [2.05, 4.69) is 20.9 Å². The summed E-state index contributed by atoms with van der Waals surface area (Å²) in [6.07, 6.45) is 11.5. The number of hydrogen-bond acceptors (Lipinski definition) is 6. The molecule has 0 fully saturated rings. The van der Waals surface area contributed by atoms with Gasteiger partial charge in [0, 0.05) is 48.7 Å².